The fraction of sp³-hybridized carbons (Fsp3) is 0. The third kappa shape index (κ3) is 1.71. The van der Waals surface area contributed by atoms with Crippen LogP contribution < -0.4 is 0 Å². The molecule has 0 aliphatic carbocycles. The maximum Gasteiger partial charge on any atom is 0.284 e. The van der Waals surface area contributed by atoms with Crippen molar-refractivity contribution in [2.75, 3.05) is 0 Å². The fourth-order valence-corrected chi connectivity index (χ4v) is 0.941. The second kappa shape index (κ2) is 3.69. The van der Waals surface area contributed by atoms with Crippen LogP contribution in [0.3, 0.4) is 0 Å². The Bertz CT molecular complexity index is 365. The van der Waals surface area contributed by atoms with Crippen molar-refractivity contribution < 1.29 is 4.92 Å². The van der Waals surface area contributed by atoms with Gasteiger partial charge in [-0.3, -0.25) is 10.1 Å². The molecule has 0 saturated carbocycles. The quantitative estimate of drug-likeness (QED) is 0.276. The summed E-state index contributed by atoms with van der Waals surface area (Å²) in [5.74, 6) is 2.58. The van der Waals surface area contributed by atoms with Gasteiger partial charge in [0.1, 0.15) is 15.8 Å². The standard InChI is InChI=1S/C8H4NO2Si/c10-9(11)8-4-2-1-3-7(8)5-6-12/h1-4H. The summed E-state index contributed by atoms with van der Waals surface area (Å²) < 4.78 is 0. The third-order valence-corrected chi connectivity index (χ3v) is 1.42. The van der Waals surface area contributed by atoms with Crippen LogP contribution in [0.15, 0.2) is 24.3 Å². The van der Waals surface area contributed by atoms with Gasteiger partial charge in [0, 0.05) is 6.07 Å². The van der Waals surface area contributed by atoms with Gasteiger partial charge in [0.15, 0.2) is 0 Å². The maximum absolute atomic E-state index is 10.4. The van der Waals surface area contributed by atoms with Crippen molar-refractivity contribution in [1.82, 2.24) is 0 Å². The van der Waals surface area contributed by atoms with Gasteiger partial charge in [0.25, 0.3) is 5.69 Å². The van der Waals surface area contributed by atoms with Crippen LogP contribution in [-0.4, -0.2) is 15.2 Å². The lowest BCUT2D eigenvalue weighted by Crippen LogP contribution is -1.90. The summed E-state index contributed by atoms with van der Waals surface area (Å²) in [6.07, 6.45) is 0. The second-order valence-corrected chi connectivity index (χ2v) is 2.27. The summed E-state index contributed by atoms with van der Waals surface area (Å²) in [5.41, 5.74) is 2.88. The van der Waals surface area contributed by atoms with E-state index in [4.69, 9.17) is 0 Å². The van der Waals surface area contributed by atoms with Gasteiger partial charge in [-0.05, 0) is 6.07 Å². The Morgan fingerprint density at radius 3 is 2.67 bits per heavy atom. The summed E-state index contributed by atoms with van der Waals surface area (Å²) in [5, 5.41) is 10.4. The van der Waals surface area contributed by atoms with Crippen LogP contribution in [0.4, 0.5) is 5.69 Å². The number of nitro benzene ring substituents is 1. The maximum atomic E-state index is 10.4. The average molecular weight is 174 g/mol. The summed E-state index contributed by atoms with van der Waals surface area (Å²) in [7, 11) is 2.93. The van der Waals surface area contributed by atoms with Gasteiger partial charge < -0.3 is 0 Å². The molecule has 0 N–H and O–H groups in total. The topological polar surface area (TPSA) is 43.1 Å². The predicted octanol–water partition coefficient (Wildman–Crippen LogP) is 1.07. The monoisotopic (exact) mass is 174 g/mol. The largest absolute Gasteiger partial charge is 0.284 e. The molecule has 57 valence electrons. The Morgan fingerprint density at radius 2 is 2.08 bits per heavy atom. The Hall–Kier alpha value is -1.60. The molecule has 12 heavy (non-hydrogen) atoms. The van der Waals surface area contributed by atoms with Crippen LogP contribution in [-0.2, 0) is 0 Å². The molecule has 0 saturated heterocycles. The van der Waals surface area contributed by atoms with Crippen LogP contribution in [0.25, 0.3) is 0 Å². The van der Waals surface area contributed by atoms with Crippen molar-refractivity contribution in [3.05, 3.63) is 39.9 Å². The molecule has 0 atom stereocenters. The number of nitrogens with zero attached hydrogens (tertiary/aromatic N) is 1. The summed E-state index contributed by atoms with van der Waals surface area (Å²) >= 11 is 0. The van der Waals surface area contributed by atoms with E-state index in [0.717, 1.165) is 0 Å². The van der Waals surface area contributed by atoms with Crippen molar-refractivity contribution in [2.45, 2.75) is 0 Å². The molecule has 0 aliphatic rings. The van der Waals surface area contributed by atoms with Gasteiger partial charge in [-0.15, -0.1) is 5.54 Å². The SMILES string of the molecule is O=[N+]([O-])c1ccccc1C#C[Si]. The summed E-state index contributed by atoms with van der Waals surface area (Å²) in [4.78, 5) is 9.97. The molecular weight excluding hydrogens is 170 g/mol. The Morgan fingerprint density at radius 1 is 1.42 bits per heavy atom. The van der Waals surface area contributed by atoms with Crippen LogP contribution >= 0.6 is 0 Å². The molecule has 1 aromatic carbocycles. The molecular formula is C8H4NO2Si. The molecule has 0 aliphatic heterocycles. The van der Waals surface area contributed by atoms with E-state index in [0.29, 0.717) is 5.56 Å². The average Bonchev–Trinajstić information content (AvgIpc) is 2.05. The molecule has 0 spiro atoms. The number of hydrogen-bond donors (Lipinski definition) is 0. The van der Waals surface area contributed by atoms with E-state index < -0.39 is 4.92 Å². The van der Waals surface area contributed by atoms with E-state index >= 15 is 0 Å². The molecule has 0 aromatic heterocycles. The number of para-hydroxylation sites is 1. The van der Waals surface area contributed by atoms with Crippen molar-refractivity contribution in [3.8, 4) is 11.5 Å². The normalized spacial score (nSPS) is 8.42. The molecule has 3 radical (unpaired) electrons. The van der Waals surface area contributed by atoms with Gasteiger partial charge in [0.05, 0.1) is 4.92 Å². The van der Waals surface area contributed by atoms with E-state index in [-0.39, 0.29) is 5.69 Å². The minimum Gasteiger partial charge on any atom is -0.258 e. The molecule has 0 unspecified atom stereocenters. The molecule has 0 heterocycles. The molecule has 0 amide bonds. The van der Waals surface area contributed by atoms with Crippen LogP contribution in [0.2, 0.25) is 0 Å². The third-order valence-electron chi connectivity index (χ3n) is 1.30. The van der Waals surface area contributed by atoms with E-state index in [9.17, 15) is 10.1 Å². The number of benzene rings is 1. The van der Waals surface area contributed by atoms with E-state index in [1.54, 1.807) is 18.2 Å². The van der Waals surface area contributed by atoms with E-state index in [1.165, 1.54) is 6.07 Å². The van der Waals surface area contributed by atoms with Crippen molar-refractivity contribution in [1.29, 1.82) is 0 Å². The summed E-state index contributed by atoms with van der Waals surface area (Å²) in [6, 6.07) is 6.34. The summed E-state index contributed by atoms with van der Waals surface area (Å²) in [6.45, 7) is 0. The van der Waals surface area contributed by atoms with Gasteiger partial charge in [0.2, 0.25) is 0 Å². The molecule has 1 aromatic rings. The molecule has 1 rings (SSSR count). The molecule has 3 nitrogen and oxygen atoms in total. The lowest BCUT2D eigenvalue weighted by atomic mass is 10.2. The van der Waals surface area contributed by atoms with Gasteiger partial charge in [-0.2, -0.15) is 0 Å². The Labute approximate surface area is 73.0 Å². The zero-order valence-corrected chi connectivity index (χ0v) is 7.07. The van der Waals surface area contributed by atoms with Crippen LogP contribution in [0.5, 0.6) is 0 Å². The first-order valence-corrected chi connectivity index (χ1v) is 3.67. The fourth-order valence-electron chi connectivity index (χ4n) is 0.806. The van der Waals surface area contributed by atoms with Crippen LogP contribution in [0.1, 0.15) is 5.56 Å². The Balaban J connectivity index is 3.23. The highest BCUT2D eigenvalue weighted by molar-refractivity contribution is 6.22. The highest BCUT2D eigenvalue weighted by atomic mass is 28.1. The number of hydrogen-bond acceptors (Lipinski definition) is 2. The minimum atomic E-state index is -0.452. The van der Waals surface area contributed by atoms with Crippen molar-refractivity contribution in [2.24, 2.45) is 0 Å². The lowest BCUT2D eigenvalue weighted by Gasteiger charge is -1.92. The van der Waals surface area contributed by atoms with Gasteiger partial charge in [-0.25, -0.2) is 0 Å². The molecule has 4 heteroatoms. The first-order valence-electron chi connectivity index (χ1n) is 3.17. The van der Waals surface area contributed by atoms with E-state index in [2.05, 4.69) is 21.7 Å². The zero-order valence-electron chi connectivity index (χ0n) is 6.07. The minimum absolute atomic E-state index is 0.0308. The smallest absolute Gasteiger partial charge is 0.258 e. The van der Waals surface area contributed by atoms with Crippen molar-refractivity contribution >= 4 is 15.9 Å². The van der Waals surface area contributed by atoms with Gasteiger partial charge in [-0.1, -0.05) is 18.1 Å². The predicted molar refractivity (Wildman–Crippen MR) is 45.7 cm³/mol. The molecule has 0 bridgehead atoms. The molecule has 0 fully saturated rings. The van der Waals surface area contributed by atoms with Gasteiger partial charge >= 0.3 is 0 Å². The zero-order chi connectivity index (χ0) is 8.97. The van der Waals surface area contributed by atoms with Crippen molar-refractivity contribution in [3.63, 3.8) is 0 Å². The first-order chi connectivity index (χ1) is 5.75. The van der Waals surface area contributed by atoms with Crippen LogP contribution in [0, 0.1) is 21.6 Å². The van der Waals surface area contributed by atoms with E-state index in [1.807, 2.05) is 0 Å². The second-order valence-electron chi connectivity index (χ2n) is 2.02. The lowest BCUT2D eigenvalue weighted by molar-refractivity contribution is -0.385. The highest BCUT2D eigenvalue weighted by Crippen LogP contribution is 2.15. The first kappa shape index (κ1) is 8.49. The number of nitro groups is 1. The Kier molecular flexibility index (Phi) is 2.61. The highest BCUT2D eigenvalue weighted by Gasteiger charge is 2.08. The number of rotatable bonds is 1.